The number of hydrogen-bond acceptors (Lipinski definition) is 1. The zero-order valence-electron chi connectivity index (χ0n) is 5.89. The van der Waals surface area contributed by atoms with E-state index in [1.54, 1.807) is 0 Å². The average molecular weight is 200 g/mol. The average Bonchev–Trinajstić information content (AvgIpc) is 1.94. The molecule has 1 aromatic rings. The molecule has 0 heterocycles. The zero-order chi connectivity index (χ0) is 7.40. The first-order chi connectivity index (χ1) is 4.84. The van der Waals surface area contributed by atoms with Gasteiger partial charge < -0.3 is 0 Å². The van der Waals surface area contributed by atoms with Gasteiger partial charge in [0.1, 0.15) is 0 Å². The first-order valence-corrected chi connectivity index (χ1v) is 4.02. The molecule has 0 aliphatic rings. The van der Waals surface area contributed by atoms with Gasteiger partial charge >= 0.3 is 0 Å². The SMILES string of the molecule is Cc1ccccc1CNBr. The fraction of sp³-hybridized carbons (Fsp3) is 0.250. The molecule has 1 rings (SSSR count). The van der Waals surface area contributed by atoms with Crippen molar-refractivity contribution in [1.29, 1.82) is 0 Å². The van der Waals surface area contributed by atoms with Crippen molar-refractivity contribution in [2.24, 2.45) is 0 Å². The summed E-state index contributed by atoms with van der Waals surface area (Å²) in [4.78, 5) is 0. The molecule has 0 aliphatic heterocycles. The summed E-state index contributed by atoms with van der Waals surface area (Å²) in [5.41, 5.74) is 2.66. The monoisotopic (exact) mass is 199 g/mol. The summed E-state index contributed by atoms with van der Waals surface area (Å²) in [6.07, 6.45) is 0. The Hall–Kier alpha value is -0.340. The van der Waals surface area contributed by atoms with E-state index in [4.69, 9.17) is 0 Å². The van der Waals surface area contributed by atoms with Crippen molar-refractivity contribution >= 4 is 16.1 Å². The van der Waals surface area contributed by atoms with Crippen LogP contribution in [0.5, 0.6) is 0 Å². The molecule has 0 aromatic heterocycles. The molecule has 1 nitrogen and oxygen atoms in total. The maximum atomic E-state index is 3.17. The first-order valence-electron chi connectivity index (χ1n) is 3.22. The molecule has 1 aromatic carbocycles. The molecule has 0 saturated carbocycles. The number of rotatable bonds is 2. The Labute approximate surface area is 69.8 Å². The number of aryl methyl sites for hydroxylation is 1. The molecule has 0 radical (unpaired) electrons. The van der Waals surface area contributed by atoms with Crippen molar-refractivity contribution < 1.29 is 0 Å². The highest BCUT2D eigenvalue weighted by Gasteiger charge is 1.92. The largest absolute Gasteiger partial charge is 0.251 e. The van der Waals surface area contributed by atoms with Gasteiger partial charge in [-0.25, -0.2) is 0 Å². The maximum absolute atomic E-state index is 3.17. The normalized spacial score (nSPS) is 9.80. The van der Waals surface area contributed by atoms with Crippen molar-refractivity contribution in [2.45, 2.75) is 13.5 Å². The van der Waals surface area contributed by atoms with Gasteiger partial charge in [-0.15, -0.1) is 0 Å². The van der Waals surface area contributed by atoms with Gasteiger partial charge in [0.05, 0.1) is 0 Å². The minimum atomic E-state index is 0.882. The molecule has 0 unspecified atom stereocenters. The van der Waals surface area contributed by atoms with Crippen molar-refractivity contribution in [3.8, 4) is 0 Å². The number of nitrogens with one attached hydrogen (secondary N) is 1. The third-order valence-electron chi connectivity index (χ3n) is 1.52. The van der Waals surface area contributed by atoms with Crippen LogP contribution in [0.3, 0.4) is 0 Å². The van der Waals surface area contributed by atoms with Crippen LogP contribution in [-0.4, -0.2) is 0 Å². The van der Waals surface area contributed by atoms with E-state index in [1.807, 2.05) is 12.1 Å². The van der Waals surface area contributed by atoms with Crippen LogP contribution in [-0.2, 0) is 6.54 Å². The number of halogens is 1. The van der Waals surface area contributed by atoms with Gasteiger partial charge in [0, 0.05) is 22.7 Å². The van der Waals surface area contributed by atoms with Crippen LogP contribution < -0.4 is 4.34 Å². The van der Waals surface area contributed by atoms with Gasteiger partial charge in [-0.2, -0.15) is 0 Å². The summed E-state index contributed by atoms with van der Waals surface area (Å²) < 4.78 is 2.94. The van der Waals surface area contributed by atoms with Gasteiger partial charge in [0.25, 0.3) is 0 Å². The zero-order valence-corrected chi connectivity index (χ0v) is 7.48. The van der Waals surface area contributed by atoms with Gasteiger partial charge in [0.2, 0.25) is 0 Å². The Morgan fingerprint density at radius 1 is 1.40 bits per heavy atom. The van der Waals surface area contributed by atoms with E-state index >= 15 is 0 Å². The Kier molecular flexibility index (Phi) is 2.90. The molecule has 0 atom stereocenters. The Morgan fingerprint density at radius 3 is 2.70 bits per heavy atom. The Morgan fingerprint density at radius 2 is 2.10 bits per heavy atom. The second kappa shape index (κ2) is 3.74. The second-order valence-electron chi connectivity index (χ2n) is 2.24. The van der Waals surface area contributed by atoms with E-state index in [1.165, 1.54) is 11.1 Å². The number of benzene rings is 1. The fourth-order valence-corrected chi connectivity index (χ4v) is 1.18. The van der Waals surface area contributed by atoms with Crippen molar-refractivity contribution in [3.05, 3.63) is 35.4 Å². The Bertz CT molecular complexity index is 210. The summed E-state index contributed by atoms with van der Waals surface area (Å²) in [5.74, 6) is 0. The van der Waals surface area contributed by atoms with E-state index in [2.05, 4.69) is 39.5 Å². The van der Waals surface area contributed by atoms with Crippen molar-refractivity contribution in [3.63, 3.8) is 0 Å². The molecule has 0 fully saturated rings. The highest BCUT2D eigenvalue weighted by Crippen LogP contribution is 2.06. The summed E-state index contributed by atoms with van der Waals surface area (Å²) in [7, 11) is 0. The molecule has 0 saturated heterocycles. The molecule has 2 heteroatoms. The molecular formula is C8H10BrN. The van der Waals surface area contributed by atoms with Crippen LogP contribution >= 0.6 is 16.1 Å². The van der Waals surface area contributed by atoms with E-state index < -0.39 is 0 Å². The highest BCUT2D eigenvalue weighted by molar-refractivity contribution is 9.08. The van der Waals surface area contributed by atoms with Crippen LogP contribution in [0.1, 0.15) is 11.1 Å². The van der Waals surface area contributed by atoms with Crippen LogP contribution in [0, 0.1) is 6.92 Å². The fourth-order valence-electron chi connectivity index (χ4n) is 0.880. The van der Waals surface area contributed by atoms with Gasteiger partial charge in [-0.3, -0.25) is 4.34 Å². The minimum Gasteiger partial charge on any atom is -0.251 e. The highest BCUT2D eigenvalue weighted by atomic mass is 79.9. The molecule has 0 amide bonds. The van der Waals surface area contributed by atoms with E-state index in [-0.39, 0.29) is 0 Å². The molecule has 0 aliphatic carbocycles. The summed E-state index contributed by atoms with van der Waals surface area (Å²) in [5, 5.41) is 0. The summed E-state index contributed by atoms with van der Waals surface area (Å²) in [6, 6.07) is 8.32. The first kappa shape index (κ1) is 7.76. The van der Waals surface area contributed by atoms with Crippen molar-refractivity contribution in [1.82, 2.24) is 4.34 Å². The Balaban J connectivity index is 2.81. The lowest BCUT2D eigenvalue weighted by Crippen LogP contribution is -1.98. The van der Waals surface area contributed by atoms with Crippen LogP contribution in [0.4, 0.5) is 0 Å². The number of hydrogen-bond donors (Lipinski definition) is 1. The summed E-state index contributed by atoms with van der Waals surface area (Å²) in [6.45, 7) is 2.99. The maximum Gasteiger partial charge on any atom is 0.0315 e. The lowest BCUT2D eigenvalue weighted by Gasteiger charge is -2.01. The molecule has 10 heavy (non-hydrogen) atoms. The van der Waals surface area contributed by atoms with E-state index in [0.29, 0.717) is 0 Å². The van der Waals surface area contributed by atoms with Gasteiger partial charge in [0.15, 0.2) is 0 Å². The quantitative estimate of drug-likeness (QED) is 0.722. The molecular weight excluding hydrogens is 190 g/mol. The van der Waals surface area contributed by atoms with Crippen molar-refractivity contribution in [2.75, 3.05) is 0 Å². The van der Waals surface area contributed by atoms with E-state index in [0.717, 1.165) is 6.54 Å². The lowest BCUT2D eigenvalue weighted by molar-refractivity contribution is 0.980. The van der Waals surface area contributed by atoms with Crippen LogP contribution in [0.25, 0.3) is 0 Å². The lowest BCUT2D eigenvalue weighted by atomic mass is 10.1. The topological polar surface area (TPSA) is 12.0 Å². The third-order valence-corrected chi connectivity index (χ3v) is 1.80. The van der Waals surface area contributed by atoms with Crippen LogP contribution in [0.2, 0.25) is 0 Å². The predicted octanol–water partition coefficient (Wildman–Crippen LogP) is 2.39. The van der Waals surface area contributed by atoms with E-state index in [9.17, 15) is 0 Å². The van der Waals surface area contributed by atoms with Crippen LogP contribution in [0.15, 0.2) is 24.3 Å². The standard InChI is InChI=1S/C8H10BrN/c1-7-4-2-3-5-8(7)6-10-9/h2-5,10H,6H2,1H3. The minimum absolute atomic E-state index is 0.882. The van der Waals surface area contributed by atoms with Gasteiger partial charge in [-0.05, 0) is 18.1 Å². The third kappa shape index (κ3) is 1.82. The van der Waals surface area contributed by atoms with Gasteiger partial charge in [-0.1, -0.05) is 24.3 Å². The summed E-state index contributed by atoms with van der Waals surface area (Å²) >= 11 is 3.17. The predicted molar refractivity (Wildman–Crippen MR) is 46.9 cm³/mol. The molecule has 1 N–H and O–H groups in total. The molecule has 54 valence electrons. The second-order valence-corrected chi connectivity index (χ2v) is 2.80. The smallest absolute Gasteiger partial charge is 0.0315 e. The molecule has 0 spiro atoms. The molecule has 0 bridgehead atoms.